The Labute approximate surface area is 167 Å². The summed E-state index contributed by atoms with van der Waals surface area (Å²) in [6, 6.07) is -0.489. The van der Waals surface area contributed by atoms with Crippen molar-refractivity contribution >= 4 is 11.8 Å². The number of hydrogen-bond acceptors (Lipinski definition) is 4. The molecule has 1 heterocycles. The summed E-state index contributed by atoms with van der Waals surface area (Å²) in [7, 11) is 1.82. The summed E-state index contributed by atoms with van der Waals surface area (Å²) in [6.45, 7) is 4.45. The molecule has 4 aliphatic carbocycles. The second kappa shape index (κ2) is 7.48. The lowest BCUT2D eigenvalue weighted by atomic mass is 9.49. The first-order chi connectivity index (χ1) is 13.3. The molecular formula is C21H33N5O2. The van der Waals surface area contributed by atoms with Crippen molar-refractivity contribution < 1.29 is 9.59 Å². The smallest absolute Gasteiger partial charge is 0.242 e. The number of nitrogens with one attached hydrogen (secondary N) is 2. The van der Waals surface area contributed by atoms with E-state index < -0.39 is 6.04 Å². The molecule has 7 nitrogen and oxygen atoms in total. The van der Waals surface area contributed by atoms with E-state index in [0.717, 1.165) is 19.3 Å². The standard InChI is InChI=1S/C21H33N5O2/c1-13(2)18(19(27)22-5-4-17-23-12-26(3)25-17)24-20(28)21-9-14-6-15(10-21)8-16(7-14)11-21/h12-16,18H,4-11H2,1-3H3,(H,22,27)(H,24,28)/t14?,15?,16?,18-,21?/m0/s1. The van der Waals surface area contributed by atoms with E-state index in [1.54, 1.807) is 11.0 Å². The van der Waals surface area contributed by atoms with Gasteiger partial charge in [0.1, 0.15) is 12.4 Å². The topological polar surface area (TPSA) is 88.9 Å². The normalized spacial score (nSPS) is 31.8. The van der Waals surface area contributed by atoms with E-state index in [2.05, 4.69) is 20.7 Å². The highest BCUT2D eigenvalue weighted by molar-refractivity contribution is 5.90. The summed E-state index contributed by atoms with van der Waals surface area (Å²) in [5, 5.41) is 10.3. The van der Waals surface area contributed by atoms with E-state index in [0.29, 0.717) is 36.5 Å². The molecule has 4 bridgehead atoms. The van der Waals surface area contributed by atoms with Gasteiger partial charge in [-0.15, -0.1) is 0 Å². The van der Waals surface area contributed by atoms with E-state index in [1.165, 1.54) is 19.3 Å². The second-order valence-corrected chi connectivity index (χ2v) is 9.77. The summed E-state index contributed by atoms with van der Waals surface area (Å²) >= 11 is 0. The van der Waals surface area contributed by atoms with Crippen molar-refractivity contribution in [3.63, 3.8) is 0 Å². The maximum atomic E-state index is 13.3. The fraction of sp³-hybridized carbons (Fsp3) is 0.810. The van der Waals surface area contributed by atoms with Crippen molar-refractivity contribution in [2.75, 3.05) is 6.54 Å². The van der Waals surface area contributed by atoms with Crippen molar-refractivity contribution in [3.8, 4) is 0 Å². The van der Waals surface area contributed by atoms with Crippen LogP contribution in [-0.2, 0) is 23.1 Å². The minimum Gasteiger partial charge on any atom is -0.354 e. The Bertz CT molecular complexity index is 706. The first-order valence-corrected chi connectivity index (χ1v) is 10.8. The lowest BCUT2D eigenvalue weighted by molar-refractivity contribution is -0.149. The lowest BCUT2D eigenvalue weighted by Gasteiger charge is -2.55. The van der Waals surface area contributed by atoms with Gasteiger partial charge in [-0.2, -0.15) is 5.10 Å². The van der Waals surface area contributed by atoms with Gasteiger partial charge >= 0.3 is 0 Å². The highest BCUT2D eigenvalue weighted by Crippen LogP contribution is 2.60. The van der Waals surface area contributed by atoms with E-state index in [9.17, 15) is 9.59 Å². The Morgan fingerprint density at radius 1 is 1.18 bits per heavy atom. The van der Waals surface area contributed by atoms with Gasteiger partial charge in [0.2, 0.25) is 11.8 Å². The maximum Gasteiger partial charge on any atom is 0.242 e. The fourth-order valence-corrected chi connectivity index (χ4v) is 6.12. The summed E-state index contributed by atoms with van der Waals surface area (Å²) < 4.78 is 1.65. The largest absolute Gasteiger partial charge is 0.354 e. The van der Waals surface area contributed by atoms with Crippen LogP contribution in [0.4, 0.5) is 0 Å². The van der Waals surface area contributed by atoms with Gasteiger partial charge < -0.3 is 10.6 Å². The Morgan fingerprint density at radius 2 is 1.79 bits per heavy atom. The Morgan fingerprint density at radius 3 is 2.29 bits per heavy atom. The van der Waals surface area contributed by atoms with Crippen molar-refractivity contribution in [3.05, 3.63) is 12.2 Å². The van der Waals surface area contributed by atoms with Gasteiger partial charge in [0.25, 0.3) is 0 Å². The predicted octanol–water partition coefficient (Wildman–Crippen LogP) is 1.83. The first-order valence-electron chi connectivity index (χ1n) is 10.8. The van der Waals surface area contributed by atoms with Gasteiger partial charge in [0.05, 0.1) is 0 Å². The van der Waals surface area contributed by atoms with Gasteiger partial charge in [-0.25, -0.2) is 4.98 Å². The van der Waals surface area contributed by atoms with Crippen molar-refractivity contribution in [1.29, 1.82) is 0 Å². The van der Waals surface area contributed by atoms with Crippen LogP contribution >= 0.6 is 0 Å². The number of hydrogen-bond donors (Lipinski definition) is 2. The number of amides is 2. The van der Waals surface area contributed by atoms with Crippen molar-refractivity contribution in [1.82, 2.24) is 25.4 Å². The molecule has 1 atom stereocenters. The summed E-state index contributed by atoms with van der Waals surface area (Å²) in [6.07, 6.45) is 9.21. The number of aromatic nitrogens is 3. The molecule has 2 amide bonds. The van der Waals surface area contributed by atoms with Crippen molar-refractivity contribution in [2.45, 2.75) is 64.8 Å². The van der Waals surface area contributed by atoms with E-state index in [1.807, 2.05) is 20.9 Å². The molecule has 5 rings (SSSR count). The molecule has 2 N–H and O–H groups in total. The molecule has 0 aromatic carbocycles. The molecule has 1 aromatic heterocycles. The van der Waals surface area contributed by atoms with Crippen LogP contribution in [0.15, 0.2) is 6.33 Å². The van der Waals surface area contributed by atoms with Crippen LogP contribution in [0.3, 0.4) is 0 Å². The van der Waals surface area contributed by atoms with Gasteiger partial charge in [-0.1, -0.05) is 13.8 Å². The third-order valence-electron chi connectivity index (χ3n) is 7.05. The summed E-state index contributed by atoms with van der Waals surface area (Å²) in [4.78, 5) is 30.2. The maximum absolute atomic E-state index is 13.3. The van der Waals surface area contributed by atoms with Gasteiger partial charge in [0.15, 0.2) is 5.82 Å². The van der Waals surface area contributed by atoms with E-state index in [4.69, 9.17) is 0 Å². The third-order valence-corrected chi connectivity index (χ3v) is 7.05. The van der Waals surface area contributed by atoms with Crippen LogP contribution < -0.4 is 10.6 Å². The van der Waals surface area contributed by atoms with Crippen molar-refractivity contribution in [2.24, 2.45) is 36.1 Å². The predicted molar refractivity (Wildman–Crippen MR) is 105 cm³/mol. The molecule has 28 heavy (non-hydrogen) atoms. The average Bonchev–Trinajstić information content (AvgIpc) is 3.03. The van der Waals surface area contributed by atoms with Crippen LogP contribution in [-0.4, -0.2) is 39.2 Å². The molecule has 0 saturated heterocycles. The van der Waals surface area contributed by atoms with Crippen LogP contribution in [0.5, 0.6) is 0 Å². The molecule has 4 aliphatic rings. The number of rotatable bonds is 7. The molecule has 0 spiro atoms. The molecule has 0 aliphatic heterocycles. The molecular weight excluding hydrogens is 354 g/mol. The third kappa shape index (κ3) is 3.80. The molecule has 7 heteroatoms. The molecule has 0 unspecified atom stereocenters. The number of carbonyl (C=O) groups excluding carboxylic acids is 2. The quantitative estimate of drug-likeness (QED) is 0.747. The molecule has 0 radical (unpaired) electrons. The molecule has 4 fully saturated rings. The SMILES string of the molecule is CC(C)[C@H](NC(=O)C12CC3CC(CC(C3)C1)C2)C(=O)NCCc1ncn(C)n1. The number of aryl methyl sites for hydroxylation is 1. The highest BCUT2D eigenvalue weighted by Gasteiger charge is 2.55. The van der Waals surface area contributed by atoms with Crippen LogP contribution in [0, 0.1) is 29.1 Å². The van der Waals surface area contributed by atoms with E-state index in [-0.39, 0.29) is 23.1 Å². The zero-order valence-corrected chi connectivity index (χ0v) is 17.3. The monoisotopic (exact) mass is 387 g/mol. The van der Waals surface area contributed by atoms with Crippen LogP contribution in [0.2, 0.25) is 0 Å². The summed E-state index contributed by atoms with van der Waals surface area (Å²) in [5.74, 6) is 2.92. The van der Waals surface area contributed by atoms with Gasteiger partial charge in [-0.3, -0.25) is 14.3 Å². The molecule has 154 valence electrons. The van der Waals surface area contributed by atoms with Crippen LogP contribution in [0.1, 0.15) is 58.2 Å². The minimum atomic E-state index is -0.489. The fourth-order valence-electron chi connectivity index (χ4n) is 6.12. The first kappa shape index (κ1) is 19.4. The summed E-state index contributed by atoms with van der Waals surface area (Å²) in [5.41, 5.74) is -0.222. The highest BCUT2D eigenvalue weighted by atomic mass is 16.2. The molecule has 4 saturated carbocycles. The Kier molecular flexibility index (Phi) is 5.19. The minimum absolute atomic E-state index is 0.0471. The van der Waals surface area contributed by atoms with Crippen LogP contribution in [0.25, 0.3) is 0 Å². The Hall–Kier alpha value is -1.92. The second-order valence-electron chi connectivity index (χ2n) is 9.77. The lowest BCUT2D eigenvalue weighted by Crippen LogP contribution is -2.58. The van der Waals surface area contributed by atoms with E-state index >= 15 is 0 Å². The number of nitrogens with zero attached hydrogens (tertiary/aromatic N) is 3. The zero-order valence-electron chi connectivity index (χ0n) is 17.3. The van der Waals surface area contributed by atoms with Gasteiger partial charge in [-0.05, 0) is 62.2 Å². The Balaban J connectivity index is 1.35. The number of carbonyl (C=O) groups is 2. The zero-order chi connectivity index (χ0) is 19.9. The molecule has 1 aromatic rings. The average molecular weight is 388 g/mol. The van der Waals surface area contributed by atoms with Gasteiger partial charge in [0, 0.05) is 25.4 Å².